The van der Waals surface area contributed by atoms with Gasteiger partial charge in [-0.15, -0.1) is 0 Å². The molecule has 0 aliphatic carbocycles. The quantitative estimate of drug-likeness (QED) is 0.705. The van der Waals surface area contributed by atoms with Crippen molar-refractivity contribution in [2.45, 2.75) is 19.0 Å². The first-order valence-corrected chi connectivity index (χ1v) is 7.45. The molecule has 0 unspecified atom stereocenters. The molecule has 2 N–H and O–H groups in total. The summed E-state index contributed by atoms with van der Waals surface area (Å²) in [6.45, 7) is 0.388. The van der Waals surface area contributed by atoms with E-state index in [2.05, 4.69) is 0 Å². The van der Waals surface area contributed by atoms with E-state index in [0.717, 1.165) is 5.56 Å². The first-order chi connectivity index (χ1) is 11.5. The predicted octanol–water partition coefficient (Wildman–Crippen LogP) is 0.289. The van der Waals surface area contributed by atoms with Crippen LogP contribution in [-0.4, -0.2) is 24.9 Å². The number of quaternary nitrogens is 1. The largest absolute Gasteiger partial charge is 0.544 e. The summed E-state index contributed by atoms with van der Waals surface area (Å²) >= 11 is 0. The number of hydrogen-bond acceptors (Lipinski definition) is 4. The second kappa shape index (κ2) is 8.21. The summed E-state index contributed by atoms with van der Waals surface area (Å²) in [5.41, 5.74) is 1.18. The molecule has 0 saturated carbocycles. The summed E-state index contributed by atoms with van der Waals surface area (Å²) in [4.78, 5) is 23.4. The SMILES string of the molecule is COc1ccc(C[NH2+][C@@H](CC(=O)c2ccc(F)cc2)C(=O)[O-])cc1. The average Bonchev–Trinajstić information content (AvgIpc) is 2.59. The minimum atomic E-state index is -1.31. The van der Waals surface area contributed by atoms with Crippen molar-refractivity contribution >= 4 is 11.8 Å². The van der Waals surface area contributed by atoms with Crippen LogP contribution in [0.15, 0.2) is 48.5 Å². The monoisotopic (exact) mass is 331 g/mol. The maximum Gasteiger partial charge on any atom is 0.169 e. The average molecular weight is 331 g/mol. The molecule has 0 aliphatic rings. The molecule has 0 radical (unpaired) electrons. The Balaban J connectivity index is 1.97. The third kappa shape index (κ3) is 4.89. The molecular formula is C18H18FNO4. The lowest BCUT2D eigenvalue weighted by molar-refractivity contribution is -0.697. The van der Waals surface area contributed by atoms with E-state index >= 15 is 0 Å². The van der Waals surface area contributed by atoms with Crippen LogP contribution in [0, 0.1) is 5.82 Å². The molecule has 2 aromatic carbocycles. The van der Waals surface area contributed by atoms with Gasteiger partial charge in [0, 0.05) is 11.1 Å². The molecule has 5 nitrogen and oxygen atoms in total. The number of nitrogens with two attached hydrogens (primary N) is 1. The molecule has 24 heavy (non-hydrogen) atoms. The Bertz CT molecular complexity index is 698. The summed E-state index contributed by atoms with van der Waals surface area (Å²) < 4.78 is 17.9. The van der Waals surface area contributed by atoms with Crippen LogP contribution in [0.1, 0.15) is 22.3 Å². The highest BCUT2D eigenvalue weighted by molar-refractivity contribution is 5.98. The van der Waals surface area contributed by atoms with Crippen LogP contribution < -0.4 is 15.2 Å². The summed E-state index contributed by atoms with van der Waals surface area (Å²) in [5.74, 6) is -1.41. The standard InChI is InChI=1S/C18H18FNO4/c1-24-15-8-2-12(3-9-15)11-20-16(18(22)23)10-17(21)13-4-6-14(19)7-5-13/h2-9,16,20H,10-11H2,1H3,(H,22,23)/t16-/m0/s1. The molecule has 2 aromatic rings. The Morgan fingerprint density at radius 2 is 1.75 bits per heavy atom. The Hall–Kier alpha value is -2.73. The van der Waals surface area contributed by atoms with Crippen LogP contribution in [0.2, 0.25) is 0 Å². The molecule has 0 saturated heterocycles. The van der Waals surface area contributed by atoms with Crippen LogP contribution in [0.5, 0.6) is 5.75 Å². The topological polar surface area (TPSA) is 83.0 Å². The number of carbonyl (C=O) groups is 2. The van der Waals surface area contributed by atoms with E-state index in [1.54, 1.807) is 24.6 Å². The predicted molar refractivity (Wildman–Crippen MR) is 82.8 cm³/mol. The van der Waals surface area contributed by atoms with Crippen molar-refractivity contribution in [3.05, 3.63) is 65.5 Å². The molecule has 0 aromatic heterocycles. The number of aliphatic carboxylic acids is 1. The fourth-order valence-corrected chi connectivity index (χ4v) is 2.26. The van der Waals surface area contributed by atoms with E-state index < -0.39 is 17.8 Å². The normalized spacial score (nSPS) is 11.8. The van der Waals surface area contributed by atoms with Gasteiger partial charge in [0.05, 0.1) is 19.5 Å². The second-order valence-electron chi connectivity index (χ2n) is 5.35. The lowest BCUT2D eigenvalue weighted by Gasteiger charge is -2.16. The van der Waals surface area contributed by atoms with Crippen molar-refractivity contribution in [1.29, 1.82) is 0 Å². The van der Waals surface area contributed by atoms with Gasteiger partial charge >= 0.3 is 0 Å². The van der Waals surface area contributed by atoms with Gasteiger partial charge in [0.25, 0.3) is 0 Å². The molecule has 0 bridgehead atoms. The minimum Gasteiger partial charge on any atom is -0.544 e. The van der Waals surface area contributed by atoms with Crippen molar-refractivity contribution in [2.24, 2.45) is 0 Å². The van der Waals surface area contributed by atoms with Crippen molar-refractivity contribution < 1.29 is 29.1 Å². The number of halogens is 1. The van der Waals surface area contributed by atoms with Gasteiger partial charge in [0.15, 0.2) is 5.78 Å². The van der Waals surface area contributed by atoms with E-state index in [4.69, 9.17) is 4.74 Å². The highest BCUT2D eigenvalue weighted by Gasteiger charge is 2.19. The van der Waals surface area contributed by atoms with E-state index in [1.165, 1.54) is 24.3 Å². The molecule has 0 aliphatic heterocycles. The first-order valence-electron chi connectivity index (χ1n) is 7.45. The van der Waals surface area contributed by atoms with E-state index in [1.807, 2.05) is 12.1 Å². The highest BCUT2D eigenvalue weighted by Crippen LogP contribution is 2.10. The van der Waals surface area contributed by atoms with Crippen LogP contribution in [0.4, 0.5) is 4.39 Å². The van der Waals surface area contributed by atoms with Gasteiger partial charge in [0.2, 0.25) is 0 Å². The number of rotatable bonds is 8. The van der Waals surface area contributed by atoms with Crippen molar-refractivity contribution in [1.82, 2.24) is 0 Å². The third-order valence-corrected chi connectivity index (χ3v) is 3.67. The Labute approximate surface area is 139 Å². The van der Waals surface area contributed by atoms with Crippen molar-refractivity contribution in [3.63, 3.8) is 0 Å². The fourth-order valence-electron chi connectivity index (χ4n) is 2.26. The van der Waals surface area contributed by atoms with Gasteiger partial charge in [-0.05, 0) is 48.5 Å². The first kappa shape index (κ1) is 17.6. The third-order valence-electron chi connectivity index (χ3n) is 3.67. The smallest absolute Gasteiger partial charge is 0.169 e. The molecule has 1 atom stereocenters. The van der Waals surface area contributed by atoms with E-state index in [-0.39, 0.29) is 17.8 Å². The van der Waals surface area contributed by atoms with E-state index in [0.29, 0.717) is 12.3 Å². The molecule has 126 valence electrons. The van der Waals surface area contributed by atoms with Gasteiger partial charge in [-0.2, -0.15) is 0 Å². The van der Waals surface area contributed by atoms with Crippen LogP contribution in [-0.2, 0) is 11.3 Å². The number of benzene rings is 2. The summed E-state index contributed by atoms with van der Waals surface area (Å²) in [6, 6.07) is 11.2. The Kier molecular flexibility index (Phi) is 6.03. The van der Waals surface area contributed by atoms with Crippen molar-refractivity contribution in [3.8, 4) is 5.75 Å². The van der Waals surface area contributed by atoms with Gasteiger partial charge in [-0.1, -0.05) is 0 Å². The van der Waals surface area contributed by atoms with Gasteiger partial charge < -0.3 is 20.0 Å². The number of ketones is 1. The number of Topliss-reactive ketones (excluding diaryl/α,β-unsaturated/α-hetero) is 1. The van der Waals surface area contributed by atoms with Crippen LogP contribution in [0.3, 0.4) is 0 Å². The second-order valence-corrected chi connectivity index (χ2v) is 5.35. The fraction of sp³-hybridized carbons (Fsp3) is 0.222. The maximum absolute atomic E-state index is 12.9. The number of carboxylic acids is 1. The molecule has 0 amide bonds. The molecule has 6 heteroatoms. The van der Waals surface area contributed by atoms with Gasteiger partial charge in [-0.25, -0.2) is 4.39 Å². The Morgan fingerprint density at radius 1 is 1.12 bits per heavy atom. The van der Waals surface area contributed by atoms with Crippen LogP contribution >= 0.6 is 0 Å². The Morgan fingerprint density at radius 3 is 2.29 bits per heavy atom. The van der Waals surface area contributed by atoms with Crippen LogP contribution in [0.25, 0.3) is 0 Å². The minimum absolute atomic E-state index is 0.218. The maximum atomic E-state index is 12.9. The highest BCUT2D eigenvalue weighted by atomic mass is 19.1. The number of hydrogen-bond donors (Lipinski definition) is 1. The summed E-state index contributed by atoms with van der Waals surface area (Å²) in [6.07, 6.45) is -0.218. The number of carboxylic acid groups (broad SMARTS) is 1. The zero-order valence-electron chi connectivity index (χ0n) is 13.2. The summed E-state index contributed by atoms with van der Waals surface area (Å²) in [7, 11) is 1.56. The lowest BCUT2D eigenvalue weighted by atomic mass is 10.0. The zero-order valence-corrected chi connectivity index (χ0v) is 13.2. The molecule has 2 rings (SSSR count). The number of carbonyl (C=O) groups excluding carboxylic acids is 2. The number of methoxy groups -OCH3 is 1. The van der Waals surface area contributed by atoms with Gasteiger partial charge in [0.1, 0.15) is 24.2 Å². The number of ether oxygens (including phenoxy) is 1. The summed E-state index contributed by atoms with van der Waals surface area (Å²) in [5, 5.41) is 12.8. The lowest BCUT2D eigenvalue weighted by Crippen LogP contribution is -2.92. The zero-order chi connectivity index (χ0) is 17.5. The van der Waals surface area contributed by atoms with Crippen molar-refractivity contribution in [2.75, 3.05) is 7.11 Å². The van der Waals surface area contributed by atoms with Gasteiger partial charge in [-0.3, -0.25) is 4.79 Å². The molecular weight excluding hydrogens is 313 g/mol. The molecule has 0 fully saturated rings. The molecule has 0 heterocycles. The molecule has 0 spiro atoms. The van der Waals surface area contributed by atoms with E-state index in [9.17, 15) is 19.1 Å².